The summed E-state index contributed by atoms with van der Waals surface area (Å²) in [6.07, 6.45) is 1.56. The van der Waals surface area contributed by atoms with Gasteiger partial charge in [-0.15, -0.1) is 0 Å². The van der Waals surface area contributed by atoms with E-state index in [1.54, 1.807) is 6.07 Å². The van der Waals surface area contributed by atoms with Gasteiger partial charge in [0, 0.05) is 12.3 Å². The third-order valence-corrected chi connectivity index (χ3v) is 4.31. The summed E-state index contributed by atoms with van der Waals surface area (Å²) in [4.78, 5) is 27.8. The molecule has 1 unspecified atom stereocenters. The number of amides is 3. The number of ether oxygens (including phenoxy) is 2. The zero-order valence-corrected chi connectivity index (χ0v) is 15.0. The lowest BCUT2D eigenvalue weighted by molar-refractivity contribution is 0.187. The van der Waals surface area contributed by atoms with Crippen LogP contribution in [-0.4, -0.2) is 47.1 Å². The fourth-order valence-corrected chi connectivity index (χ4v) is 2.98. The highest BCUT2D eigenvalue weighted by molar-refractivity contribution is 5.98. The monoisotopic (exact) mass is 382 g/mol. The van der Waals surface area contributed by atoms with Crippen LogP contribution in [0.2, 0.25) is 0 Å². The minimum atomic E-state index is -0.633. The zero-order chi connectivity index (χ0) is 19.5. The number of aromatic nitrogens is 3. The smallest absolute Gasteiger partial charge is 0.412 e. The van der Waals surface area contributed by atoms with Gasteiger partial charge in [-0.3, -0.25) is 15.7 Å². The fraction of sp³-hybridized carbons (Fsp3) is 0.222. The molecule has 10 nitrogen and oxygen atoms in total. The first kappa shape index (κ1) is 17.6. The number of nitrogens with one attached hydrogen (secondary N) is 4. The number of H-pyrrole nitrogens is 1. The number of nitrogens with zero attached hydrogens (tertiary/aromatic N) is 2. The number of hydrogen-bond acceptors (Lipinski definition) is 6. The van der Waals surface area contributed by atoms with Crippen molar-refractivity contribution in [3.63, 3.8) is 0 Å². The lowest BCUT2D eigenvalue weighted by Gasteiger charge is -2.26. The molecule has 1 atom stereocenters. The normalized spacial score (nSPS) is 15.2. The number of para-hydroxylation sites is 1. The third-order valence-electron chi connectivity index (χ3n) is 4.31. The highest BCUT2D eigenvalue weighted by Gasteiger charge is 2.21. The molecule has 1 aliphatic rings. The number of anilines is 2. The molecule has 1 aromatic carbocycles. The first-order valence-electron chi connectivity index (χ1n) is 8.59. The minimum absolute atomic E-state index is 0.137. The number of fused-ring (bicyclic) bond motifs is 2. The Balaban J connectivity index is 1.39. The Hall–Kier alpha value is -3.82. The molecule has 4 N–H and O–H groups in total. The van der Waals surface area contributed by atoms with Crippen molar-refractivity contribution in [3.8, 4) is 5.75 Å². The summed E-state index contributed by atoms with van der Waals surface area (Å²) >= 11 is 0. The van der Waals surface area contributed by atoms with Gasteiger partial charge in [0.1, 0.15) is 18.2 Å². The van der Waals surface area contributed by atoms with Gasteiger partial charge in [0.15, 0.2) is 5.82 Å². The number of rotatable bonds is 3. The molecule has 0 radical (unpaired) electrons. The summed E-state index contributed by atoms with van der Waals surface area (Å²) in [6, 6.07) is 8.86. The van der Waals surface area contributed by atoms with E-state index in [1.807, 2.05) is 24.3 Å². The van der Waals surface area contributed by atoms with Crippen LogP contribution in [-0.2, 0) is 11.2 Å². The number of carbonyl (C=O) groups excluding carboxylic acids is 2. The molecule has 0 saturated heterocycles. The summed E-state index contributed by atoms with van der Waals surface area (Å²) in [7, 11) is 1.26. The summed E-state index contributed by atoms with van der Waals surface area (Å²) in [6.45, 7) is 0.403. The van der Waals surface area contributed by atoms with Gasteiger partial charge in [-0.1, -0.05) is 18.2 Å². The average molecular weight is 382 g/mol. The summed E-state index contributed by atoms with van der Waals surface area (Å²) < 4.78 is 10.2. The molecule has 0 aliphatic carbocycles. The van der Waals surface area contributed by atoms with Crippen LogP contribution in [0.1, 0.15) is 5.56 Å². The van der Waals surface area contributed by atoms with Gasteiger partial charge in [0.05, 0.1) is 24.1 Å². The highest BCUT2D eigenvalue weighted by atomic mass is 16.5. The molecule has 0 saturated carbocycles. The molecule has 0 spiro atoms. The largest absolute Gasteiger partial charge is 0.491 e. The number of aromatic amines is 1. The second-order valence-corrected chi connectivity index (χ2v) is 6.22. The Morgan fingerprint density at radius 3 is 3.00 bits per heavy atom. The van der Waals surface area contributed by atoms with E-state index < -0.39 is 6.09 Å². The molecule has 10 heteroatoms. The SMILES string of the molecule is COC(=O)Nc1n[nH]c2cc(NC(=O)NC3COc4ccccc4C3)ncc12. The molecule has 3 amide bonds. The molecule has 3 heterocycles. The zero-order valence-electron chi connectivity index (χ0n) is 15.0. The molecular formula is C18H18N6O4. The second-order valence-electron chi connectivity index (χ2n) is 6.22. The number of hydrogen-bond donors (Lipinski definition) is 4. The average Bonchev–Trinajstić information content (AvgIpc) is 3.09. The third kappa shape index (κ3) is 3.65. The quantitative estimate of drug-likeness (QED) is 0.550. The lowest BCUT2D eigenvalue weighted by atomic mass is 10.0. The predicted molar refractivity (Wildman–Crippen MR) is 101 cm³/mol. The molecule has 144 valence electrons. The molecule has 3 aromatic rings. The van der Waals surface area contributed by atoms with Crippen LogP contribution >= 0.6 is 0 Å². The van der Waals surface area contributed by atoms with Crippen LogP contribution in [0.25, 0.3) is 10.9 Å². The first-order chi connectivity index (χ1) is 13.6. The topological polar surface area (TPSA) is 130 Å². The minimum Gasteiger partial charge on any atom is -0.491 e. The van der Waals surface area contributed by atoms with Gasteiger partial charge in [0.25, 0.3) is 0 Å². The van der Waals surface area contributed by atoms with Crippen molar-refractivity contribution in [2.45, 2.75) is 12.5 Å². The van der Waals surface area contributed by atoms with E-state index in [1.165, 1.54) is 13.3 Å². The number of carbonyl (C=O) groups is 2. The van der Waals surface area contributed by atoms with Gasteiger partial charge in [0.2, 0.25) is 0 Å². The van der Waals surface area contributed by atoms with Crippen molar-refractivity contribution < 1.29 is 19.1 Å². The summed E-state index contributed by atoms with van der Waals surface area (Å²) in [5, 5.41) is 15.4. The van der Waals surface area contributed by atoms with E-state index in [4.69, 9.17) is 4.74 Å². The number of pyridine rings is 1. The lowest BCUT2D eigenvalue weighted by Crippen LogP contribution is -2.44. The van der Waals surface area contributed by atoms with E-state index in [2.05, 4.69) is 35.9 Å². The first-order valence-corrected chi connectivity index (χ1v) is 8.59. The Bertz CT molecular complexity index is 1030. The van der Waals surface area contributed by atoms with Gasteiger partial charge >= 0.3 is 12.1 Å². The van der Waals surface area contributed by atoms with Crippen LogP contribution in [0.4, 0.5) is 21.2 Å². The maximum absolute atomic E-state index is 12.3. The molecule has 1 aliphatic heterocycles. The van der Waals surface area contributed by atoms with Crippen molar-refractivity contribution in [2.24, 2.45) is 0 Å². The van der Waals surface area contributed by atoms with E-state index in [9.17, 15) is 9.59 Å². The number of benzene rings is 1. The summed E-state index contributed by atoms with van der Waals surface area (Å²) in [5.41, 5.74) is 1.66. The van der Waals surface area contributed by atoms with E-state index >= 15 is 0 Å². The van der Waals surface area contributed by atoms with E-state index in [0.29, 0.717) is 35.6 Å². The molecule has 4 rings (SSSR count). The van der Waals surface area contributed by atoms with Crippen LogP contribution in [0.3, 0.4) is 0 Å². The van der Waals surface area contributed by atoms with E-state index in [-0.39, 0.29) is 12.1 Å². The van der Waals surface area contributed by atoms with Crippen molar-refractivity contribution in [2.75, 3.05) is 24.4 Å². The van der Waals surface area contributed by atoms with Gasteiger partial charge in [-0.2, -0.15) is 5.10 Å². The molecular weight excluding hydrogens is 364 g/mol. The Labute approximate surface area is 159 Å². The fourth-order valence-electron chi connectivity index (χ4n) is 2.98. The Kier molecular flexibility index (Phi) is 4.67. The molecule has 28 heavy (non-hydrogen) atoms. The molecule has 0 bridgehead atoms. The highest BCUT2D eigenvalue weighted by Crippen LogP contribution is 2.24. The van der Waals surface area contributed by atoms with Crippen molar-refractivity contribution in [1.82, 2.24) is 20.5 Å². The van der Waals surface area contributed by atoms with Gasteiger partial charge in [-0.25, -0.2) is 14.6 Å². The standard InChI is InChI=1S/C18H18N6O4/c1-27-18(26)22-16-12-8-19-15(7-13(12)23-24-16)21-17(25)20-11-6-10-4-2-3-5-14(10)28-9-11/h2-5,7-8,11H,6,9H2,1H3,(H2,19,20,21,25)(H2,22,23,24,26). The van der Waals surface area contributed by atoms with Crippen molar-refractivity contribution >= 4 is 34.7 Å². The van der Waals surface area contributed by atoms with Crippen molar-refractivity contribution in [1.29, 1.82) is 0 Å². The predicted octanol–water partition coefficient (Wildman–Crippen LogP) is 2.26. The Morgan fingerprint density at radius 1 is 1.29 bits per heavy atom. The molecule has 0 fully saturated rings. The maximum Gasteiger partial charge on any atom is 0.412 e. The Morgan fingerprint density at radius 2 is 2.14 bits per heavy atom. The van der Waals surface area contributed by atoms with Crippen LogP contribution in [0, 0.1) is 0 Å². The number of methoxy groups -OCH3 is 1. The maximum atomic E-state index is 12.3. The van der Waals surface area contributed by atoms with Crippen molar-refractivity contribution in [3.05, 3.63) is 42.1 Å². The second kappa shape index (κ2) is 7.43. The van der Waals surface area contributed by atoms with Crippen LogP contribution in [0.15, 0.2) is 36.5 Å². The number of urea groups is 1. The molecule has 2 aromatic heterocycles. The van der Waals surface area contributed by atoms with Gasteiger partial charge < -0.3 is 14.8 Å². The van der Waals surface area contributed by atoms with Gasteiger partial charge in [-0.05, 0) is 18.1 Å². The van der Waals surface area contributed by atoms with Crippen LogP contribution in [0.5, 0.6) is 5.75 Å². The summed E-state index contributed by atoms with van der Waals surface area (Å²) in [5.74, 6) is 1.49. The van der Waals surface area contributed by atoms with E-state index in [0.717, 1.165) is 11.3 Å². The van der Waals surface area contributed by atoms with Crippen LogP contribution < -0.4 is 20.7 Å².